The zero-order valence-corrected chi connectivity index (χ0v) is 16.6. The van der Waals surface area contributed by atoms with E-state index in [0.717, 1.165) is 28.5 Å². The first-order valence-electron chi connectivity index (χ1n) is 7.79. The summed E-state index contributed by atoms with van der Waals surface area (Å²) in [6.07, 6.45) is 1.67. The molecule has 130 valence electrons. The van der Waals surface area contributed by atoms with Crippen LogP contribution in [0.4, 0.5) is 0 Å². The van der Waals surface area contributed by atoms with Crippen LogP contribution in [0.2, 0.25) is 0 Å². The van der Waals surface area contributed by atoms with E-state index >= 15 is 0 Å². The Balaban J connectivity index is 0.00000288. The van der Waals surface area contributed by atoms with Crippen LogP contribution in [0.5, 0.6) is 0 Å². The Morgan fingerprint density at radius 1 is 1.08 bits per heavy atom. The van der Waals surface area contributed by atoms with Gasteiger partial charge in [0.15, 0.2) is 0 Å². The normalized spacial score (nSPS) is 12.3. The molecule has 2 aromatic carbocycles. The van der Waals surface area contributed by atoms with E-state index in [9.17, 15) is 0 Å². The zero-order valence-electron chi connectivity index (χ0n) is 14.2. The molecule has 4 heteroatoms. The van der Waals surface area contributed by atoms with Crippen molar-refractivity contribution >= 4 is 28.3 Å². The van der Waals surface area contributed by atoms with E-state index in [1.54, 1.807) is 7.11 Å². The van der Waals surface area contributed by atoms with E-state index in [4.69, 9.17) is 4.74 Å². The maximum atomic E-state index is 6.14. The SMILES string of the molecule is C=C(Br)CC(CC(OC)(c1ccccc1)c1ccccc1)NC.Cl. The third kappa shape index (κ3) is 4.93. The molecule has 0 saturated heterocycles. The minimum absolute atomic E-state index is 0. The molecule has 0 bridgehead atoms. The van der Waals surface area contributed by atoms with Crippen molar-refractivity contribution in [2.24, 2.45) is 0 Å². The van der Waals surface area contributed by atoms with Crippen LogP contribution in [0, 0.1) is 0 Å². The molecule has 0 aliphatic heterocycles. The second-order valence-corrected chi connectivity index (χ2v) is 6.80. The number of rotatable bonds is 8. The van der Waals surface area contributed by atoms with Crippen LogP contribution in [-0.2, 0) is 10.3 Å². The van der Waals surface area contributed by atoms with Crippen molar-refractivity contribution in [1.82, 2.24) is 5.32 Å². The Kier molecular flexibility index (Phi) is 8.71. The van der Waals surface area contributed by atoms with Crippen molar-refractivity contribution in [3.8, 4) is 0 Å². The first-order chi connectivity index (χ1) is 11.1. The molecule has 0 aromatic heterocycles. The van der Waals surface area contributed by atoms with Crippen LogP contribution in [0.15, 0.2) is 71.7 Å². The smallest absolute Gasteiger partial charge is 0.119 e. The van der Waals surface area contributed by atoms with Gasteiger partial charge < -0.3 is 10.1 Å². The summed E-state index contributed by atoms with van der Waals surface area (Å²) >= 11 is 3.48. The molecule has 2 aromatic rings. The molecule has 0 radical (unpaired) electrons. The third-order valence-corrected chi connectivity index (χ3v) is 4.56. The number of benzene rings is 2. The van der Waals surface area contributed by atoms with E-state index in [1.165, 1.54) is 0 Å². The summed E-state index contributed by atoms with van der Waals surface area (Å²) in [5, 5.41) is 3.39. The predicted octanol–water partition coefficient (Wildman–Crippen LogP) is 5.28. The third-order valence-electron chi connectivity index (χ3n) is 4.24. The Bertz CT molecular complexity index is 579. The molecule has 0 aliphatic rings. The van der Waals surface area contributed by atoms with Gasteiger partial charge in [-0.05, 0) is 29.1 Å². The summed E-state index contributed by atoms with van der Waals surface area (Å²) in [5.41, 5.74) is 1.84. The van der Waals surface area contributed by atoms with Crippen LogP contribution in [0.25, 0.3) is 0 Å². The summed E-state index contributed by atoms with van der Waals surface area (Å²) < 4.78 is 7.13. The highest BCUT2D eigenvalue weighted by Gasteiger charge is 2.36. The van der Waals surface area contributed by atoms with Gasteiger partial charge in [0.1, 0.15) is 5.60 Å². The molecule has 0 saturated carbocycles. The maximum Gasteiger partial charge on any atom is 0.119 e. The van der Waals surface area contributed by atoms with Gasteiger partial charge in [-0.1, -0.05) is 83.2 Å². The predicted molar refractivity (Wildman–Crippen MR) is 108 cm³/mol. The first kappa shape index (κ1) is 20.9. The van der Waals surface area contributed by atoms with E-state index in [2.05, 4.69) is 76.4 Å². The Morgan fingerprint density at radius 3 is 1.88 bits per heavy atom. The highest BCUT2D eigenvalue weighted by atomic mass is 79.9. The number of methoxy groups -OCH3 is 1. The van der Waals surface area contributed by atoms with Gasteiger partial charge in [-0.3, -0.25) is 0 Å². The van der Waals surface area contributed by atoms with Gasteiger partial charge in [-0.2, -0.15) is 0 Å². The molecule has 0 amide bonds. The summed E-state index contributed by atoms with van der Waals surface area (Å²) in [6.45, 7) is 3.98. The van der Waals surface area contributed by atoms with Gasteiger partial charge in [0.2, 0.25) is 0 Å². The van der Waals surface area contributed by atoms with Crippen molar-refractivity contribution in [1.29, 1.82) is 0 Å². The lowest BCUT2D eigenvalue weighted by atomic mass is 9.80. The fourth-order valence-electron chi connectivity index (χ4n) is 3.03. The average Bonchev–Trinajstić information content (AvgIpc) is 2.60. The quantitative estimate of drug-likeness (QED) is 0.639. The van der Waals surface area contributed by atoms with Gasteiger partial charge in [0.25, 0.3) is 0 Å². The van der Waals surface area contributed by atoms with E-state index in [-0.39, 0.29) is 18.4 Å². The van der Waals surface area contributed by atoms with Crippen molar-refractivity contribution in [3.63, 3.8) is 0 Å². The van der Waals surface area contributed by atoms with Gasteiger partial charge >= 0.3 is 0 Å². The molecule has 0 heterocycles. The van der Waals surface area contributed by atoms with E-state index in [1.807, 2.05) is 19.2 Å². The van der Waals surface area contributed by atoms with Crippen LogP contribution in [0.1, 0.15) is 24.0 Å². The van der Waals surface area contributed by atoms with Crippen molar-refractivity contribution in [2.75, 3.05) is 14.2 Å². The van der Waals surface area contributed by atoms with Crippen molar-refractivity contribution < 1.29 is 4.74 Å². The van der Waals surface area contributed by atoms with Gasteiger partial charge in [0.05, 0.1) is 0 Å². The van der Waals surface area contributed by atoms with Crippen molar-refractivity contribution in [2.45, 2.75) is 24.5 Å². The Morgan fingerprint density at radius 2 is 1.54 bits per heavy atom. The van der Waals surface area contributed by atoms with Gasteiger partial charge in [0, 0.05) is 19.6 Å². The molecule has 1 unspecified atom stereocenters. The zero-order chi connectivity index (χ0) is 16.7. The molecule has 0 fully saturated rings. The molecular weight excluding hydrogens is 386 g/mol. The van der Waals surface area contributed by atoms with Gasteiger partial charge in [-0.25, -0.2) is 0 Å². The fourth-order valence-corrected chi connectivity index (χ4v) is 3.42. The van der Waals surface area contributed by atoms with Crippen LogP contribution >= 0.6 is 28.3 Å². The Labute approximate surface area is 159 Å². The minimum atomic E-state index is -0.487. The van der Waals surface area contributed by atoms with E-state index < -0.39 is 5.60 Å². The monoisotopic (exact) mass is 409 g/mol. The fraction of sp³-hybridized carbons (Fsp3) is 0.300. The second-order valence-electron chi connectivity index (χ2n) is 5.67. The lowest BCUT2D eigenvalue weighted by molar-refractivity contribution is 0.00660. The van der Waals surface area contributed by atoms with Crippen LogP contribution < -0.4 is 5.32 Å². The van der Waals surface area contributed by atoms with Crippen LogP contribution in [0.3, 0.4) is 0 Å². The largest absolute Gasteiger partial charge is 0.369 e. The molecule has 24 heavy (non-hydrogen) atoms. The molecule has 0 spiro atoms. The summed E-state index contributed by atoms with van der Waals surface area (Å²) in [6, 6.07) is 21.1. The topological polar surface area (TPSA) is 21.3 Å². The van der Waals surface area contributed by atoms with Gasteiger partial charge in [-0.15, -0.1) is 12.4 Å². The molecular formula is C20H25BrClNO. The lowest BCUT2D eigenvalue weighted by Crippen LogP contribution is -2.39. The highest BCUT2D eigenvalue weighted by Crippen LogP contribution is 2.38. The number of nitrogens with one attached hydrogen (secondary N) is 1. The molecule has 0 aliphatic carbocycles. The molecule has 1 N–H and O–H groups in total. The summed E-state index contributed by atoms with van der Waals surface area (Å²) in [5.74, 6) is 0. The molecule has 2 nitrogen and oxygen atoms in total. The number of hydrogen-bond donors (Lipinski definition) is 1. The van der Waals surface area contributed by atoms with E-state index in [0.29, 0.717) is 0 Å². The standard InChI is InChI=1S/C20H24BrNO.ClH/c1-16(21)14-19(22-2)15-20(23-3,17-10-6-4-7-11-17)18-12-8-5-9-13-18;/h4-13,19,22H,1,14-15H2,2-3H3;1H. The Hall–Kier alpha value is -1.13. The maximum absolute atomic E-state index is 6.14. The summed E-state index contributed by atoms with van der Waals surface area (Å²) in [4.78, 5) is 0. The van der Waals surface area contributed by atoms with Crippen molar-refractivity contribution in [3.05, 3.63) is 82.9 Å². The molecule has 1 atom stereocenters. The average molecular weight is 411 g/mol. The highest BCUT2D eigenvalue weighted by molar-refractivity contribution is 9.11. The minimum Gasteiger partial charge on any atom is -0.369 e. The number of halogens is 2. The number of hydrogen-bond acceptors (Lipinski definition) is 2. The second kappa shape index (κ2) is 10.00. The lowest BCUT2D eigenvalue weighted by Gasteiger charge is -2.37. The summed E-state index contributed by atoms with van der Waals surface area (Å²) in [7, 11) is 3.77. The van der Waals surface area contributed by atoms with Crippen LogP contribution in [-0.4, -0.2) is 20.2 Å². The number of ether oxygens (including phenoxy) is 1. The first-order valence-corrected chi connectivity index (χ1v) is 8.58. The molecule has 2 rings (SSSR count).